The van der Waals surface area contributed by atoms with Crippen LogP contribution in [0.15, 0.2) is 12.5 Å². The summed E-state index contributed by atoms with van der Waals surface area (Å²) in [7, 11) is 1.79. The van der Waals surface area contributed by atoms with Crippen molar-refractivity contribution in [2.45, 2.75) is 38.5 Å². The SMILES string of the molecule is Cc1nc(NC2CC(Cn3cncc3C(F)(F)F)C2)nc2c1NC(=O)CN2C. The lowest BCUT2D eigenvalue weighted by molar-refractivity contribution is -0.144. The molecule has 3 heterocycles. The van der Waals surface area contributed by atoms with Crippen LogP contribution in [-0.2, 0) is 17.5 Å². The van der Waals surface area contributed by atoms with Gasteiger partial charge in [0.2, 0.25) is 11.9 Å². The number of hydrogen-bond acceptors (Lipinski definition) is 6. The molecular formula is C17H20F3N7O. The van der Waals surface area contributed by atoms with E-state index in [9.17, 15) is 18.0 Å². The number of imidazole rings is 1. The summed E-state index contributed by atoms with van der Waals surface area (Å²) in [6, 6.07) is 0.101. The lowest BCUT2D eigenvalue weighted by Crippen LogP contribution is -2.39. The van der Waals surface area contributed by atoms with Crippen molar-refractivity contribution in [2.75, 3.05) is 29.1 Å². The van der Waals surface area contributed by atoms with Crippen LogP contribution in [0.25, 0.3) is 0 Å². The number of aromatic nitrogens is 4. The Bertz CT molecular complexity index is 905. The molecule has 8 nitrogen and oxygen atoms in total. The monoisotopic (exact) mass is 395 g/mol. The normalized spacial score (nSPS) is 21.8. The number of nitrogens with zero attached hydrogens (tertiary/aromatic N) is 5. The van der Waals surface area contributed by atoms with Crippen molar-refractivity contribution in [2.24, 2.45) is 5.92 Å². The Labute approximate surface area is 159 Å². The molecule has 150 valence electrons. The average Bonchev–Trinajstić information content (AvgIpc) is 3.02. The van der Waals surface area contributed by atoms with Crippen LogP contribution in [0.4, 0.5) is 30.6 Å². The Hall–Kier alpha value is -2.85. The van der Waals surface area contributed by atoms with Gasteiger partial charge in [-0.05, 0) is 25.7 Å². The van der Waals surface area contributed by atoms with E-state index in [0.29, 0.717) is 23.1 Å². The van der Waals surface area contributed by atoms with Gasteiger partial charge in [-0.3, -0.25) is 4.79 Å². The number of likely N-dealkylation sites (N-methyl/N-ethyl adjacent to an activating group) is 1. The van der Waals surface area contributed by atoms with Crippen LogP contribution in [0.2, 0.25) is 0 Å². The fourth-order valence-corrected chi connectivity index (χ4v) is 3.68. The van der Waals surface area contributed by atoms with Gasteiger partial charge in [0, 0.05) is 19.6 Å². The zero-order valence-electron chi connectivity index (χ0n) is 15.4. The van der Waals surface area contributed by atoms with E-state index in [1.165, 1.54) is 6.33 Å². The van der Waals surface area contributed by atoms with Crippen LogP contribution in [0, 0.1) is 12.8 Å². The molecule has 1 amide bonds. The standard InChI is InChI=1S/C17H20F3N7O/c1-9-14-15(26(2)7-13(28)24-14)25-16(22-9)23-11-3-10(4-11)6-27-8-21-5-12(27)17(18,19)20/h5,8,10-11H,3-4,6-7H2,1-2H3,(H,24,28)(H,22,23,25). The molecule has 0 spiro atoms. The molecule has 2 aromatic heterocycles. The van der Waals surface area contributed by atoms with Crippen molar-refractivity contribution in [1.82, 2.24) is 19.5 Å². The number of halogens is 3. The molecule has 0 atom stereocenters. The molecule has 11 heteroatoms. The predicted molar refractivity (Wildman–Crippen MR) is 96.0 cm³/mol. The quantitative estimate of drug-likeness (QED) is 0.826. The molecule has 0 saturated heterocycles. The number of aryl methyl sites for hydroxylation is 1. The first-order valence-corrected chi connectivity index (χ1v) is 8.94. The number of hydrogen-bond donors (Lipinski definition) is 2. The van der Waals surface area contributed by atoms with Gasteiger partial charge in [0.15, 0.2) is 5.82 Å². The van der Waals surface area contributed by atoms with Gasteiger partial charge in [0.05, 0.1) is 24.8 Å². The third-order valence-electron chi connectivity index (χ3n) is 5.10. The third kappa shape index (κ3) is 3.48. The van der Waals surface area contributed by atoms with Gasteiger partial charge in [-0.15, -0.1) is 0 Å². The first-order chi connectivity index (χ1) is 13.2. The van der Waals surface area contributed by atoms with Gasteiger partial charge in [-0.1, -0.05) is 0 Å². The Morgan fingerprint density at radius 2 is 2.07 bits per heavy atom. The minimum absolute atomic E-state index is 0.101. The van der Waals surface area contributed by atoms with Gasteiger partial charge < -0.3 is 20.1 Å². The summed E-state index contributed by atoms with van der Waals surface area (Å²) in [4.78, 5) is 25.9. The third-order valence-corrected chi connectivity index (χ3v) is 5.10. The van der Waals surface area contributed by atoms with Crippen molar-refractivity contribution >= 4 is 23.4 Å². The zero-order chi connectivity index (χ0) is 20.1. The van der Waals surface area contributed by atoms with E-state index in [-0.39, 0.29) is 31.0 Å². The number of anilines is 3. The molecule has 2 N–H and O–H groups in total. The number of carbonyl (C=O) groups is 1. The number of alkyl halides is 3. The highest BCUT2D eigenvalue weighted by Gasteiger charge is 2.37. The molecule has 0 aromatic carbocycles. The molecule has 1 saturated carbocycles. The molecule has 2 aromatic rings. The van der Waals surface area contributed by atoms with E-state index in [2.05, 4.69) is 25.6 Å². The van der Waals surface area contributed by atoms with Crippen molar-refractivity contribution in [3.05, 3.63) is 23.9 Å². The van der Waals surface area contributed by atoms with E-state index >= 15 is 0 Å². The topological polar surface area (TPSA) is 88.0 Å². The van der Waals surface area contributed by atoms with Gasteiger partial charge in [-0.2, -0.15) is 18.2 Å². The molecule has 28 heavy (non-hydrogen) atoms. The van der Waals surface area contributed by atoms with E-state index in [0.717, 1.165) is 23.6 Å². The molecule has 1 aliphatic carbocycles. The molecular weight excluding hydrogens is 375 g/mol. The van der Waals surface area contributed by atoms with Crippen LogP contribution < -0.4 is 15.5 Å². The van der Waals surface area contributed by atoms with E-state index < -0.39 is 11.9 Å². The van der Waals surface area contributed by atoms with Crippen LogP contribution in [-0.4, -0.2) is 45.1 Å². The molecule has 0 radical (unpaired) electrons. The molecule has 1 fully saturated rings. The summed E-state index contributed by atoms with van der Waals surface area (Å²) in [5, 5.41) is 6.03. The highest BCUT2D eigenvalue weighted by molar-refractivity contribution is 6.00. The van der Waals surface area contributed by atoms with Crippen molar-refractivity contribution in [3.63, 3.8) is 0 Å². The molecule has 1 aliphatic heterocycles. The highest BCUT2D eigenvalue weighted by atomic mass is 19.4. The largest absolute Gasteiger partial charge is 0.432 e. The summed E-state index contributed by atoms with van der Waals surface area (Å²) >= 11 is 0. The Morgan fingerprint density at radius 1 is 1.32 bits per heavy atom. The summed E-state index contributed by atoms with van der Waals surface area (Å²) in [6.45, 7) is 2.30. The summed E-state index contributed by atoms with van der Waals surface area (Å²) in [6.07, 6.45) is -0.867. The number of rotatable bonds is 4. The Balaban J connectivity index is 1.38. The summed E-state index contributed by atoms with van der Waals surface area (Å²) < 4.78 is 40.0. The second-order valence-electron chi connectivity index (χ2n) is 7.34. The van der Waals surface area contributed by atoms with E-state index in [1.54, 1.807) is 18.9 Å². The van der Waals surface area contributed by atoms with E-state index in [1.807, 2.05) is 0 Å². The van der Waals surface area contributed by atoms with Crippen LogP contribution in [0.1, 0.15) is 24.2 Å². The first-order valence-electron chi connectivity index (χ1n) is 8.94. The second-order valence-corrected chi connectivity index (χ2v) is 7.34. The lowest BCUT2D eigenvalue weighted by atomic mass is 9.80. The van der Waals surface area contributed by atoms with Gasteiger partial charge in [0.1, 0.15) is 11.4 Å². The van der Waals surface area contributed by atoms with Crippen molar-refractivity contribution in [3.8, 4) is 0 Å². The maximum Gasteiger partial charge on any atom is 0.432 e. The molecule has 4 rings (SSSR count). The summed E-state index contributed by atoms with van der Waals surface area (Å²) in [5.74, 6) is 1.13. The minimum Gasteiger partial charge on any atom is -0.351 e. The molecule has 0 bridgehead atoms. The van der Waals surface area contributed by atoms with Crippen molar-refractivity contribution < 1.29 is 18.0 Å². The van der Waals surface area contributed by atoms with Gasteiger partial charge in [-0.25, -0.2) is 9.97 Å². The highest BCUT2D eigenvalue weighted by Crippen LogP contribution is 2.35. The number of fused-ring (bicyclic) bond motifs is 1. The number of amides is 1. The first kappa shape index (κ1) is 18.5. The van der Waals surface area contributed by atoms with Crippen LogP contribution in [0.5, 0.6) is 0 Å². The van der Waals surface area contributed by atoms with Crippen LogP contribution in [0.3, 0.4) is 0 Å². The molecule has 2 aliphatic rings. The fraction of sp³-hybridized carbons (Fsp3) is 0.529. The second kappa shape index (κ2) is 6.64. The number of nitrogens with one attached hydrogen (secondary N) is 2. The number of carbonyl (C=O) groups excluding carboxylic acids is 1. The minimum atomic E-state index is -4.39. The lowest BCUT2D eigenvalue weighted by Gasteiger charge is -2.36. The maximum atomic E-state index is 12.9. The van der Waals surface area contributed by atoms with Gasteiger partial charge >= 0.3 is 6.18 Å². The predicted octanol–water partition coefficient (Wildman–Crippen LogP) is 2.28. The van der Waals surface area contributed by atoms with Crippen LogP contribution >= 0.6 is 0 Å². The maximum absolute atomic E-state index is 12.9. The Morgan fingerprint density at radius 3 is 2.79 bits per heavy atom. The smallest absolute Gasteiger partial charge is 0.351 e. The van der Waals surface area contributed by atoms with Gasteiger partial charge in [0.25, 0.3) is 0 Å². The Kier molecular flexibility index (Phi) is 4.39. The summed E-state index contributed by atoms with van der Waals surface area (Å²) in [5.41, 5.74) is 0.551. The molecule has 0 unspecified atom stereocenters. The zero-order valence-corrected chi connectivity index (χ0v) is 15.4. The van der Waals surface area contributed by atoms with E-state index in [4.69, 9.17) is 0 Å². The van der Waals surface area contributed by atoms with Crippen molar-refractivity contribution in [1.29, 1.82) is 0 Å². The average molecular weight is 395 g/mol. The fourth-order valence-electron chi connectivity index (χ4n) is 3.68.